The van der Waals surface area contributed by atoms with Gasteiger partial charge in [-0.1, -0.05) is 0 Å². The second-order valence-corrected chi connectivity index (χ2v) is 12.0. The molecule has 0 amide bonds. The number of imidazole rings is 1. The van der Waals surface area contributed by atoms with Crippen LogP contribution >= 0.6 is 7.44 Å². The van der Waals surface area contributed by atoms with E-state index >= 15 is 0 Å². The van der Waals surface area contributed by atoms with Gasteiger partial charge in [0.05, 0.1) is 31.5 Å². The van der Waals surface area contributed by atoms with Gasteiger partial charge in [-0.25, -0.2) is 25.1 Å². The zero-order valence-electron chi connectivity index (χ0n) is 22.0. The second kappa shape index (κ2) is 12.8. The molecule has 2 aromatic heterocycles. The lowest BCUT2D eigenvalue weighted by atomic mass is 9.96. The third kappa shape index (κ3) is 8.46. The zero-order valence-corrected chi connectivity index (χ0v) is 22.9. The van der Waals surface area contributed by atoms with Gasteiger partial charge in [0.25, 0.3) is 0 Å². The van der Waals surface area contributed by atoms with E-state index in [0.29, 0.717) is 17.7 Å². The molecule has 3 rings (SSSR count). The fourth-order valence-electron chi connectivity index (χ4n) is 3.79. The minimum absolute atomic E-state index is 0.00244. The van der Waals surface area contributed by atoms with Gasteiger partial charge in [-0.2, -0.15) is 0 Å². The maximum absolute atomic E-state index is 13.9. The molecule has 1 aliphatic carbocycles. The van der Waals surface area contributed by atoms with Crippen molar-refractivity contribution >= 4 is 36.4 Å². The van der Waals surface area contributed by atoms with Gasteiger partial charge in [0.1, 0.15) is 30.3 Å². The molecule has 14 heteroatoms. The average Bonchev–Trinajstić information content (AvgIpc) is 3.17. The van der Waals surface area contributed by atoms with Crippen LogP contribution in [0, 0.1) is 0 Å². The Kier molecular flexibility index (Phi) is 10.00. The van der Waals surface area contributed by atoms with E-state index in [9.17, 15) is 14.2 Å². The molecule has 0 spiro atoms. The Morgan fingerprint density at radius 3 is 2.54 bits per heavy atom. The lowest BCUT2D eigenvalue weighted by molar-refractivity contribution is -0.154. The molecule has 4 atom stereocenters. The number of rotatable bonds is 14. The van der Waals surface area contributed by atoms with Gasteiger partial charge in [-0.3, -0.25) is 14.2 Å². The topological polar surface area (TPSA) is 173 Å². The largest absolute Gasteiger partial charge is 0.463 e. The number of carbonyl (C=O) groups excluding carboxylic acids is 2. The number of anilines is 1. The maximum atomic E-state index is 13.9. The third-order valence-electron chi connectivity index (χ3n) is 5.78. The van der Waals surface area contributed by atoms with Crippen LogP contribution in [0.2, 0.25) is 0 Å². The first-order valence-corrected chi connectivity index (χ1v) is 14.4. The SMILES string of the molecule is CC(C)OC(=O)C[C@@H](C)NP(=O)(CO[C@H](C)Cn1cnc2c(N)ncnc21)N[C@H](C)C(=O)OC1CCC1. The van der Waals surface area contributed by atoms with Crippen LogP contribution in [0.4, 0.5) is 5.82 Å². The summed E-state index contributed by atoms with van der Waals surface area (Å²) >= 11 is 0. The molecule has 1 unspecified atom stereocenters. The van der Waals surface area contributed by atoms with Crippen molar-refractivity contribution in [3.8, 4) is 0 Å². The van der Waals surface area contributed by atoms with Crippen LogP contribution in [0.25, 0.3) is 11.2 Å². The molecule has 13 nitrogen and oxygen atoms in total. The molecular formula is C23H38N7O6P. The molecule has 37 heavy (non-hydrogen) atoms. The lowest BCUT2D eigenvalue weighted by Gasteiger charge is -2.30. The highest BCUT2D eigenvalue weighted by Crippen LogP contribution is 2.38. The van der Waals surface area contributed by atoms with Crippen molar-refractivity contribution < 1.29 is 28.4 Å². The predicted octanol–water partition coefficient (Wildman–Crippen LogP) is 2.36. The van der Waals surface area contributed by atoms with E-state index in [-0.39, 0.29) is 30.8 Å². The molecule has 206 valence electrons. The first-order chi connectivity index (χ1) is 17.5. The summed E-state index contributed by atoms with van der Waals surface area (Å²) in [6.45, 7) is 9.02. The van der Waals surface area contributed by atoms with Gasteiger partial charge >= 0.3 is 11.9 Å². The molecule has 1 fully saturated rings. The number of ether oxygens (including phenoxy) is 3. The van der Waals surface area contributed by atoms with Crippen LogP contribution in [0.15, 0.2) is 12.7 Å². The zero-order chi connectivity index (χ0) is 27.2. The summed E-state index contributed by atoms with van der Waals surface area (Å²) < 4.78 is 32.3. The second-order valence-electron chi connectivity index (χ2n) is 9.79. The molecule has 2 heterocycles. The Hall–Kier alpha value is -2.60. The summed E-state index contributed by atoms with van der Waals surface area (Å²) in [5.41, 5.74) is 6.91. The Labute approximate surface area is 216 Å². The molecule has 1 aliphatic rings. The normalized spacial score (nSPS) is 18.1. The highest BCUT2D eigenvalue weighted by atomic mass is 31.2. The quantitative estimate of drug-likeness (QED) is 0.237. The van der Waals surface area contributed by atoms with Crippen LogP contribution < -0.4 is 15.9 Å². The maximum Gasteiger partial charge on any atom is 0.323 e. The number of nitrogens with zero attached hydrogens (tertiary/aromatic N) is 4. The summed E-state index contributed by atoms with van der Waals surface area (Å²) in [6.07, 6.45) is 4.68. The molecule has 0 aromatic carbocycles. The van der Waals surface area contributed by atoms with Gasteiger partial charge < -0.3 is 24.5 Å². The fraction of sp³-hybridized carbons (Fsp3) is 0.696. The standard InChI is InChI=1S/C23H38N7O6P/c1-14(2)35-19(31)9-15(3)28-37(33,29-17(5)23(32)36-18-7-6-8-18)13-34-16(4)10-30-12-27-20-21(24)25-11-26-22(20)30/h11-12,14-18H,6-10,13H2,1-5H3,(H2,24,25,26)(H2,28,29,33)/t15-,16-,17-,37?/m1/s1. The van der Waals surface area contributed by atoms with E-state index in [1.807, 2.05) is 6.92 Å². The number of nitrogens with two attached hydrogens (primary N) is 1. The van der Waals surface area contributed by atoms with Crippen molar-refractivity contribution in [3.05, 3.63) is 12.7 Å². The summed E-state index contributed by atoms with van der Waals surface area (Å²) in [6, 6.07) is -1.35. The van der Waals surface area contributed by atoms with Crippen LogP contribution in [0.5, 0.6) is 0 Å². The third-order valence-corrected chi connectivity index (χ3v) is 7.96. The molecule has 0 radical (unpaired) electrons. The van der Waals surface area contributed by atoms with E-state index in [1.165, 1.54) is 6.33 Å². The van der Waals surface area contributed by atoms with Crippen molar-refractivity contribution in [2.75, 3.05) is 12.1 Å². The van der Waals surface area contributed by atoms with Gasteiger partial charge in [0.15, 0.2) is 11.5 Å². The molecular weight excluding hydrogens is 501 g/mol. The summed E-state index contributed by atoms with van der Waals surface area (Å²) in [7, 11) is -3.51. The number of hydrogen-bond donors (Lipinski definition) is 3. The molecule has 0 saturated heterocycles. The number of fused-ring (bicyclic) bond motifs is 1. The lowest BCUT2D eigenvalue weighted by Crippen LogP contribution is -2.42. The number of hydrogen-bond acceptors (Lipinski definition) is 10. The number of carbonyl (C=O) groups is 2. The van der Waals surface area contributed by atoms with Gasteiger partial charge in [-0.15, -0.1) is 0 Å². The van der Waals surface area contributed by atoms with Gasteiger partial charge in [0, 0.05) is 6.04 Å². The van der Waals surface area contributed by atoms with Crippen molar-refractivity contribution in [1.29, 1.82) is 0 Å². The van der Waals surface area contributed by atoms with Crippen LogP contribution in [0.1, 0.15) is 60.3 Å². The molecule has 1 saturated carbocycles. The summed E-state index contributed by atoms with van der Waals surface area (Å²) in [5.74, 6) is -0.613. The van der Waals surface area contributed by atoms with Gasteiger partial charge in [0.2, 0.25) is 7.44 Å². The van der Waals surface area contributed by atoms with E-state index in [0.717, 1.165) is 19.3 Å². The Morgan fingerprint density at radius 1 is 1.16 bits per heavy atom. The molecule has 4 N–H and O–H groups in total. The fourth-order valence-corrected chi connectivity index (χ4v) is 6.01. The Balaban J connectivity index is 1.64. The summed E-state index contributed by atoms with van der Waals surface area (Å²) in [5, 5.41) is 5.85. The van der Waals surface area contributed by atoms with Gasteiger partial charge in [-0.05, 0) is 53.9 Å². The molecule has 0 aliphatic heterocycles. The van der Waals surface area contributed by atoms with E-state index < -0.39 is 37.6 Å². The highest BCUT2D eigenvalue weighted by molar-refractivity contribution is 7.59. The Morgan fingerprint density at radius 2 is 1.89 bits per heavy atom. The first kappa shape index (κ1) is 29.0. The van der Waals surface area contributed by atoms with Crippen molar-refractivity contribution in [1.82, 2.24) is 29.7 Å². The van der Waals surface area contributed by atoms with E-state index in [2.05, 4.69) is 25.1 Å². The molecule has 0 bridgehead atoms. The number of nitrogen functional groups attached to an aromatic ring is 1. The first-order valence-electron chi connectivity index (χ1n) is 12.5. The van der Waals surface area contributed by atoms with Crippen LogP contribution in [-0.2, 0) is 34.9 Å². The number of aromatic nitrogens is 4. The van der Waals surface area contributed by atoms with E-state index in [1.54, 1.807) is 38.6 Å². The smallest absolute Gasteiger partial charge is 0.323 e. The number of esters is 2. The summed E-state index contributed by atoms with van der Waals surface area (Å²) in [4.78, 5) is 37.0. The van der Waals surface area contributed by atoms with Crippen LogP contribution in [0.3, 0.4) is 0 Å². The van der Waals surface area contributed by atoms with Crippen LogP contribution in [-0.4, -0.2) is 68.2 Å². The van der Waals surface area contributed by atoms with E-state index in [4.69, 9.17) is 19.9 Å². The minimum atomic E-state index is -3.51. The Bertz CT molecular complexity index is 1120. The number of nitrogens with one attached hydrogen (secondary N) is 2. The van der Waals surface area contributed by atoms with Crippen molar-refractivity contribution in [2.45, 2.75) is 97.2 Å². The van der Waals surface area contributed by atoms with Crippen molar-refractivity contribution in [3.63, 3.8) is 0 Å². The average molecular weight is 540 g/mol. The van der Waals surface area contributed by atoms with Crippen molar-refractivity contribution in [2.24, 2.45) is 0 Å². The molecule has 2 aromatic rings. The highest BCUT2D eigenvalue weighted by Gasteiger charge is 2.33. The monoisotopic (exact) mass is 539 g/mol. The minimum Gasteiger partial charge on any atom is -0.463 e. The predicted molar refractivity (Wildman–Crippen MR) is 138 cm³/mol.